The molecule has 9 heteroatoms. The zero-order chi connectivity index (χ0) is 22.1. The van der Waals surface area contributed by atoms with Crippen molar-refractivity contribution in [1.29, 1.82) is 0 Å². The summed E-state index contributed by atoms with van der Waals surface area (Å²) in [7, 11) is 3.06. The van der Waals surface area contributed by atoms with Crippen molar-refractivity contribution in [3.8, 4) is 5.75 Å². The van der Waals surface area contributed by atoms with Crippen molar-refractivity contribution in [2.75, 3.05) is 14.1 Å². The Morgan fingerprint density at radius 2 is 1.87 bits per heavy atom. The number of hydrogen-bond donors (Lipinski definition) is 2. The number of nitrogens with zero attached hydrogens (tertiary/aromatic N) is 5. The summed E-state index contributed by atoms with van der Waals surface area (Å²) in [6, 6.07) is 13.5. The third-order valence-corrected chi connectivity index (χ3v) is 5.25. The van der Waals surface area contributed by atoms with Gasteiger partial charge in [0, 0.05) is 7.05 Å². The number of aromatic hydroxyl groups is 1. The summed E-state index contributed by atoms with van der Waals surface area (Å²) in [5.74, 6) is 0.511. The molecule has 158 valence electrons. The molecule has 2 aliphatic rings. The molecule has 2 heterocycles. The molecule has 2 aliphatic heterocycles. The Balaban J connectivity index is 1.64. The van der Waals surface area contributed by atoms with Gasteiger partial charge < -0.3 is 5.11 Å². The van der Waals surface area contributed by atoms with Gasteiger partial charge in [-0.05, 0) is 30.2 Å². The van der Waals surface area contributed by atoms with Gasteiger partial charge in [0.25, 0.3) is 5.91 Å². The van der Waals surface area contributed by atoms with Crippen molar-refractivity contribution in [2.45, 2.75) is 19.5 Å². The van der Waals surface area contributed by atoms with Crippen molar-refractivity contribution in [1.82, 2.24) is 24.8 Å². The molecular formula is C22H23N6O3+. The highest BCUT2D eigenvalue weighted by Crippen LogP contribution is 2.20. The number of amidine groups is 1. The van der Waals surface area contributed by atoms with Crippen LogP contribution < -0.4 is 10.1 Å². The highest BCUT2D eigenvalue weighted by Gasteiger charge is 2.54. The van der Waals surface area contributed by atoms with Crippen LogP contribution in [0.2, 0.25) is 0 Å². The van der Waals surface area contributed by atoms with Crippen LogP contribution in [0.1, 0.15) is 16.7 Å². The van der Waals surface area contributed by atoms with E-state index in [4.69, 9.17) is 0 Å². The second-order valence-electron chi connectivity index (χ2n) is 7.51. The van der Waals surface area contributed by atoms with E-state index >= 15 is 0 Å². The minimum absolute atomic E-state index is 0.138. The SMILES string of the molecule is Cc1ccc(CN2C(N/N=C/c3cccc(O)c3)=[N+]=C3C2C(=O)N(C)C(=O)N3C)cc1. The number of hydrogen-bond acceptors (Lipinski definition) is 6. The molecule has 9 nitrogen and oxygen atoms in total. The summed E-state index contributed by atoms with van der Waals surface area (Å²) in [5.41, 5.74) is 5.72. The fourth-order valence-corrected chi connectivity index (χ4v) is 3.51. The standard InChI is InChI=1S/C22H22N6O3/c1-14-7-9-15(10-8-14)13-28-18-19(26(2)22(31)27(3)20(18)30)24-21(28)25-23-12-16-5-4-6-17(29)11-16/h4-12,18,29H,13H2,1-3H3/p+1/b23-12+. The van der Waals surface area contributed by atoms with Gasteiger partial charge in [-0.15, -0.1) is 5.10 Å². The van der Waals surface area contributed by atoms with Gasteiger partial charge in [-0.1, -0.05) is 42.0 Å². The molecule has 31 heavy (non-hydrogen) atoms. The second kappa shape index (κ2) is 7.97. The second-order valence-corrected chi connectivity index (χ2v) is 7.51. The van der Waals surface area contributed by atoms with E-state index in [2.05, 4.69) is 15.2 Å². The lowest BCUT2D eigenvalue weighted by Gasteiger charge is -2.31. The molecule has 2 aromatic carbocycles. The van der Waals surface area contributed by atoms with Gasteiger partial charge in [-0.25, -0.2) is 19.3 Å². The van der Waals surface area contributed by atoms with Crippen molar-refractivity contribution in [3.63, 3.8) is 0 Å². The average Bonchev–Trinajstić information content (AvgIpc) is 3.11. The van der Waals surface area contributed by atoms with Gasteiger partial charge in [0.15, 0.2) is 0 Å². The van der Waals surface area contributed by atoms with E-state index in [9.17, 15) is 14.7 Å². The van der Waals surface area contributed by atoms with Crippen LogP contribution in [-0.4, -0.2) is 69.9 Å². The number of imide groups is 1. The number of urea groups is 1. The molecule has 2 N–H and O–H groups in total. The molecule has 0 bridgehead atoms. The number of likely N-dealkylation sites (N-methyl/N-ethyl adjacent to an activating group) is 2. The fraction of sp³-hybridized carbons (Fsp3) is 0.227. The first kappa shape index (κ1) is 20.2. The molecule has 0 spiro atoms. The first-order valence-corrected chi connectivity index (χ1v) is 9.76. The number of carbonyl (C=O) groups excluding carboxylic acids is 2. The number of aryl methyl sites for hydroxylation is 1. The highest BCUT2D eigenvalue weighted by molar-refractivity contribution is 6.23. The largest absolute Gasteiger partial charge is 0.508 e. The zero-order valence-corrected chi connectivity index (χ0v) is 17.5. The summed E-state index contributed by atoms with van der Waals surface area (Å²) < 4.78 is 4.51. The number of amides is 3. The molecule has 0 radical (unpaired) electrons. The highest BCUT2D eigenvalue weighted by atomic mass is 16.3. The molecule has 1 saturated heterocycles. The summed E-state index contributed by atoms with van der Waals surface area (Å²) in [6.07, 6.45) is 1.54. The number of hydrazone groups is 1. The van der Waals surface area contributed by atoms with Crippen molar-refractivity contribution in [2.24, 2.45) is 5.10 Å². The van der Waals surface area contributed by atoms with Crippen molar-refractivity contribution < 1.29 is 14.7 Å². The van der Waals surface area contributed by atoms with Crippen LogP contribution in [-0.2, 0) is 11.3 Å². The lowest BCUT2D eigenvalue weighted by molar-refractivity contribution is -0.130. The smallest absolute Gasteiger partial charge is 0.421 e. The Hall–Kier alpha value is -4.10. The Morgan fingerprint density at radius 3 is 2.58 bits per heavy atom. The number of rotatable bonds is 4. The Bertz CT molecular complexity index is 1130. The molecule has 1 fully saturated rings. The normalized spacial score (nSPS) is 18.4. The molecule has 0 saturated carbocycles. The Kier molecular flexibility index (Phi) is 5.19. The molecule has 0 aliphatic carbocycles. The number of fused-ring (bicyclic) bond motifs is 1. The van der Waals surface area contributed by atoms with Crippen molar-refractivity contribution in [3.05, 3.63) is 65.2 Å². The predicted molar refractivity (Wildman–Crippen MR) is 117 cm³/mol. The van der Waals surface area contributed by atoms with Crippen LogP contribution in [0, 0.1) is 6.92 Å². The van der Waals surface area contributed by atoms with Crippen LogP contribution in [0.25, 0.3) is 0 Å². The number of phenolic OH excluding ortho intramolecular Hbond substituents is 1. The van der Waals surface area contributed by atoms with Crippen LogP contribution in [0.15, 0.2) is 53.6 Å². The van der Waals surface area contributed by atoms with Crippen LogP contribution in [0.3, 0.4) is 0 Å². The molecule has 0 aromatic heterocycles. The van der Waals surface area contributed by atoms with Gasteiger partial charge in [0.2, 0.25) is 6.04 Å². The van der Waals surface area contributed by atoms with E-state index in [1.54, 1.807) is 42.4 Å². The summed E-state index contributed by atoms with van der Waals surface area (Å²) in [6.45, 7) is 2.42. The van der Waals surface area contributed by atoms with Crippen molar-refractivity contribution >= 4 is 29.9 Å². The molecule has 4 rings (SSSR count). The third kappa shape index (κ3) is 3.86. The summed E-state index contributed by atoms with van der Waals surface area (Å²) in [4.78, 5) is 29.6. The van der Waals surface area contributed by atoms with Crippen LogP contribution >= 0.6 is 0 Å². The molecule has 2 aromatic rings. The van der Waals surface area contributed by atoms with E-state index in [0.29, 0.717) is 23.9 Å². The van der Waals surface area contributed by atoms with Gasteiger partial charge in [0.05, 0.1) is 19.8 Å². The van der Waals surface area contributed by atoms with E-state index < -0.39 is 12.1 Å². The first-order chi connectivity index (χ1) is 14.8. The van der Waals surface area contributed by atoms with Crippen LogP contribution in [0.4, 0.5) is 4.79 Å². The lowest BCUT2D eigenvalue weighted by atomic mass is 10.1. The predicted octanol–water partition coefficient (Wildman–Crippen LogP) is 0.854. The fourth-order valence-electron chi connectivity index (χ4n) is 3.51. The van der Waals surface area contributed by atoms with E-state index in [1.165, 1.54) is 11.9 Å². The summed E-state index contributed by atoms with van der Waals surface area (Å²) >= 11 is 0. The first-order valence-electron chi connectivity index (χ1n) is 9.76. The molecular weight excluding hydrogens is 396 g/mol. The molecule has 1 unspecified atom stereocenters. The minimum Gasteiger partial charge on any atom is -0.508 e. The topological polar surface area (TPSA) is 103 Å². The number of carbonyl (C=O) groups is 2. The van der Waals surface area contributed by atoms with Gasteiger partial charge in [-0.3, -0.25) is 9.69 Å². The maximum absolute atomic E-state index is 12.9. The Morgan fingerprint density at radius 1 is 1.13 bits per heavy atom. The quantitative estimate of drug-likeness (QED) is 0.435. The number of nitrogens with one attached hydrogen (secondary N) is 1. The summed E-state index contributed by atoms with van der Waals surface area (Å²) in [5, 5.41) is 13.8. The average molecular weight is 419 g/mol. The lowest BCUT2D eigenvalue weighted by Crippen LogP contribution is -2.63. The number of benzene rings is 2. The minimum atomic E-state index is -0.729. The maximum atomic E-state index is 12.9. The van der Waals surface area contributed by atoms with E-state index in [-0.39, 0.29) is 11.7 Å². The molecule has 1 atom stereocenters. The molecule has 3 amide bonds. The maximum Gasteiger partial charge on any atom is 0.421 e. The number of phenols is 1. The van der Waals surface area contributed by atoms with Gasteiger partial charge in [0.1, 0.15) is 5.75 Å². The van der Waals surface area contributed by atoms with E-state index in [0.717, 1.165) is 16.0 Å². The van der Waals surface area contributed by atoms with E-state index in [1.807, 2.05) is 31.2 Å². The van der Waals surface area contributed by atoms with Gasteiger partial charge >= 0.3 is 17.8 Å². The Labute approximate surface area is 179 Å². The monoisotopic (exact) mass is 419 g/mol. The number of guanidine groups is 1. The zero-order valence-electron chi connectivity index (χ0n) is 17.5. The third-order valence-electron chi connectivity index (χ3n) is 5.25. The van der Waals surface area contributed by atoms with Crippen LogP contribution in [0.5, 0.6) is 5.75 Å². The van der Waals surface area contributed by atoms with Gasteiger partial charge in [-0.2, -0.15) is 5.43 Å².